The molecule has 2 aromatic rings. The first-order valence-electron chi connectivity index (χ1n) is 6.64. The van der Waals surface area contributed by atoms with Crippen LogP contribution >= 0.6 is 23.8 Å². The lowest BCUT2D eigenvalue weighted by Gasteiger charge is -2.15. The van der Waals surface area contributed by atoms with Crippen molar-refractivity contribution in [1.29, 1.82) is 0 Å². The summed E-state index contributed by atoms with van der Waals surface area (Å²) >= 11 is 11.0. The van der Waals surface area contributed by atoms with Gasteiger partial charge in [-0.25, -0.2) is 0 Å². The Labute approximate surface area is 133 Å². The predicted molar refractivity (Wildman–Crippen MR) is 87.0 cm³/mol. The Morgan fingerprint density at radius 1 is 1.33 bits per heavy atom. The second-order valence-corrected chi connectivity index (χ2v) is 5.95. The number of rotatable bonds is 4. The van der Waals surface area contributed by atoms with Crippen molar-refractivity contribution in [2.24, 2.45) is 0 Å². The molecule has 1 heterocycles. The van der Waals surface area contributed by atoms with Gasteiger partial charge in [0.1, 0.15) is 5.75 Å². The molecule has 0 saturated heterocycles. The van der Waals surface area contributed by atoms with Crippen LogP contribution in [0.4, 0.5) is 0 Å². The second kappa shape index (κ2) is 6.45. The smallest absolute Gasteiger partial charge is 0.255 e. The van der Waals surface area contributed by atoms with Crippen molar-refractivity contribution in [3.8, 4) is 5.75 Å². The molecule has 0 atom stereocenters. The highest BCUT2D eigenvalue weighted by molar-refractivity contribution is 7.71. The van der Waals surface area contributed by atoms with Crippen molar-refractivity contribution in [1.82, 2.24) is 9.97 Å². The monoisotopic (exact) mass is 324 g/mol. The van der Waals surface area contributed by atoms with Gasteiger partial charge in [-0.2, -0.15) is 0 Å². The average molecular weight is 325 g/mol. The Kier molecular flexibility index (Phi) is 4.85. The Bertz CT molecular complexity index is 765. The van der Waals surface area contributed by atoms with E-state index in [4.69, 9.17) is 28.6 Å². The molecule has 0 spiro atoms. The molecule has 0 radical (unpaired) electrons. The zero-order valence-electron chi connectivity index (χ0n) is 12.1. The first-order chi connectivity index (χ1) is 9.86. The Morgan fingerprint density at radius 3 is 2.67 bits per heavy atom. The standard InChI is InChI=1S/C15H17ClN2O2S/c1-8(2)20-13-5-4-11(16)6-10(13)7-12-9(3)17-15(21)18-14(12)19/h4-6,8H,7H2,1-3H3,(H2,17,18,19,21). The summed E-state index contributed by atoms with van der Waals surface area (Å²) in [5, 5.41) is 0.610. The van der Waals surface area contributed by atoms with E-state index >= 15 is 0 Å². The number of aryl methyl sites for hydroxylation is 1. The lowest BCUT2D eigenvalue weighted by molar-refractivity contribution is 0.240. The highest BCUT2D eigenvalue weighted by Crippen LogP contribution is 2.26. The van der Waals surface area contributed by atoms with E-state index in [-0.39, 0.29) is 11.7 Å². The third-order valence-electron chi connectivity index (χ3n) is 3.01. The van der Waals surface area contributed by atoms with Gasteiger partial charge in [0, 0.05) is 28.3 Å². The first kappa shape index (κ1) is 15.8. The zero-order valence-corrected chi connectivity index (χ0v) is 13.7. The summed E-state index contributed by atoms with van der Waals surface area (Å²) in [7, 11) is 0. The van der Waals surface area contributed by atoms with E-state index in [1.54, 1.807) is 6.07 Å². The van der Waals surface area contributed by atoms with Gasteiger partial charge in [-0.15, -0.1) is 0 Å². The molecule has 0 aliphatic rings. The third-order valence-corrected chi connectivity index (χ3v) is 3.45. The third kappa shape index (κ3) is 3.95. The first-order valence-corrected chi connectivity index (χ1v) is 7.42. The molecule has 1 aromatic heterocycles. The van der Waals surface area contributed by atoms with Crippen LogP contribution in [0.25, 0.3) is 0 Å². The summed E-state index contributed by atoms with van der Waals surface area (Å²) in [6.07, 6.45) is 0.474. The van der Waals surface area contributed by atoms with E-state index in [1.807, 2.05) is 32.9 Å². The maximum Gasteiger partial charge on any atom is 0.255 e. The fourth-order valence-corrected chi connectivity index (χ4v) is 2.52. The SMILES string of the molecule is Cc1[nH]c(=S)[nH]c(=O)c1Cc1cc(Cl)ccc1OC(C)C. The van der Waals surface area contributed by atoms with Crippen LogP contribution in [0.1, 0.15) is 30.7 Å². The molecule has 2 N–H and O–H groups in total. The average Bonchev–Trinajstić information content (AvgIpc) is 2.36. The van der Waals surface area contributed by atoms with Crippen molar-refractivity contribution in [3.05, 3.63) is 55.2 Å². The van der Waals surface area contributed by atoms with Gasteiger partial charge >= 0.3 is 0 Å². The van der Waals surface area contributed by atoms with E-state index < -0.39 is 0 Å². The molecule has 0 saturated carbocycles. The highest BCUT2D eigenvalue weighted by atomic mass is 35.5. The molecule has 0 aliphatic heterocycles. The minimum absolute atomic E-state index is 0.0471. The van der Waals surface area contributed by atoms with Crippen LogP contribution in [-0.2, 0) is 6.42 Å². The van der Waals surface area contributed by atoms with Gasteiger partial charge in [0.05, 0.1) is 6.10 Å². The van der Waals surface area contributed by atoms with E-state index in [0.29, 0.717) is 21.8 Å². The summed E-state index contributed by atoms with van der Waals surface area (Å²) in [5.74, 6) is 0.732. The summed E-state index contributed by atoms with van der Waals surface area (Å²) in [6, 6.07) is 5.42. The molecular formula is C15H17ClN2O2S. The zero-order chi connectivity index (χ0) is 15.6. The minimum atomic E-state index is -0.188. The largest absolute Gasteiger partial charge is 0.491 e. The van der Waals surface area contributed by atoms with Crippen LogP contribution in [0.5, 0.6) is 5.75 Å². The number of aromatic amines is 2. The topological polar surface area (TPSA) is 57.9 Å². The van der Waals surface area contributed by atoms with Crippen molar-refractivity contribution in [2.45, 2.75) is 33.3 Å². The van der Waals surface area contributed by atoms with Gasteiger partial charge < -0.3 is 9.72 Å². The number of hydrogen-bond acceptors (Lipinski definition) is 3. The Hall–Kier alpha value is -1.59. The van der Waals surface area contributed by atoms with E-state index in [1.165, 1.54) is 0 Å². The van der Waals surface area contributed by atoms with Gasteiger partial charge in [0.2, 0.25) is 0 Å². The number of halogens is 1. The number of aromatic nitrogens is 2. The van der Waals surface area contributed by atoms with Gasteiger partial charge in [-0.3, -0.25) is 9.78 Å². The number of H-pyrrole nitrogens is 2. The highest BCUT2D eigenvalue weighted by Gasteiger charge is 2.12. The molecule has 6 heteroatoms. The number of ether oxygens (including phenoxy) is 1. The number of benzene rings is 1. The van der Waals surface area contributed by atoms with Gasteiger partial charge in [-0.05, 0) is 51.2 Å². The van der Waals surface area contributed by atoms with Gasteiger partial charge in [0.15, 0.2) is 4.77 Å². The lowest BCUT2D eigenvalue weighted by Crippen LogP contribution is -2.17. The molecule has 0 bridgehead atoms. The lowest BCUT2D eigenvalue weighted by atomic mass is 10.0. The molecule has 1 aromatic carbocycles. The quantitative estimate of drug-likeness (QED) is 0.842. The fraction of sp³-hybridized carbons (Fsp3) is 0.333. The fourth-order valence-electron chi connectivity index (χ4n) is 2.08. The van der Waals surface area contributed by atoms with Crippen LogP contribution in [0.2, 0.25) is 5.02 Å². The molecule has 4 nitrogen and oxygen atoms in total. The molecular weight excluding hydrogens is 308 g/mol. The molecule has 0 aliphatic carbocycles. The van der Waals surface area contributed by atoms with E-state index in [9.17, 15) is 4.79 Å². The minimum Gasteiger partial charge on any atom is -0.491 e. The number of hydrogen-bond donors (Lipinski definition) is 2. The van der Waals surface area contributed by atoms with Crippen LogP contribution in [0.15, 0.2) is 23.0 Å². The Morgan fingerprint density at radius 2 is 2.05 bits per heavy atom. The molecule has 2 rings (SSSR count). The maximum atomic E-state index is 12.1. The van der Waals surface area contributed by atoms with Gasteiger partial charge in [0.25, 0.3) is 5.56 Å². The van der Waals surface area contributed by atoms with Crippen molar-refractivity contribution in [2.75, 3.05) is 0 Å². The molecule has 21 heavy (non-hydrogen) atoms. The summed E-state index contributed by atoms with van der Waals surface area (Å²) in [5.41, 5.74) is 2.06. The van der Waals surface area contributed by atoms with Crippen molar-refractivity contribution in [3.63, 3.8) is 0 Å². The van der Waals surface area contributed by atoms with Crippen LogP contribution in [-0.4, -0.2) is 16.1 Å². The van der Waals surface area contributed by atoms with Crippen LogP contribution in [0.3, 0.4) is 0 Å². The van der Waals surface area contributed by atoms with Crippen LogP contribution < -0.4 is 10.3 Å². The molecule has 0 unspecified atom stereocenters. The van der Waals surface area contributed by atoms with Gasteiger partial charge in [-0.1, -0.05) is 11.6 Å². The molecule has 0 amide bonds. The Balaban J connectivity index is 2.46. The van der Waals surface area contributed by atoms with E-state index in [0.717, 1.165) is 17.0 Å². The van der Waals surface area contributed by atoms with Crippen LogP contribution in [0, 0.1) is 11.7 Å². The van der Waals surface area contributed by atoms with Crippen molar-refractivity contribution < 1.29 is 4.74 Å². The summed E-state index contributed by atoms with van der Waals surface area (Å²) < 4.78 is 6.10. The second-order valence-electron chi connectivity index (χ2n) is 5.11. The number of nitrogens with one attached hydrogen (secondary N) is 2. The normalized spacial score (nSPS) is 10.9. The summed E-state index contributed by atoms with van der Waals surface area (Å²) in [6.45, 7) is 5.74. The van der Waals surface area contributed by atoms with E-state index in [2.05, 4.69) is 9.97 Å². The predicted octanol–water partition coefficient (Wildman–Crippen LogP) is 3.77. The summed E-state index contributed by atoms with van der Waals surface area (Å²) in [4.78, 5) is 17.6. The molecule has 0 fully saturated rings. The van der Waals surface area contributed by atoms with Crippen molar-refractivity contribution >= 4 is 23.8 Å². The molecule has 112 valence electrons. The maximum absolute atomic E-state index is 12.1.